The molecule has 1 nitrogen and oxygen atoms in total. The molecule has 2 saturated heterocycles. The normalized spacial score (nSPS) is 36.0. The van der Waals surface area contributed by atoms with E-state index >= 15 is 0 Å². The van der Waals surface area contributed by atoms with Crippen molar-refractivity contribution in [1.29, 1.82) is 0 Å². The van der Waals surface area contributed by atoms with Gasteiger partial charge in [-0.15, -0.1) is 0 Å². The summed E-state index contributed by atoms with van der Waals surface area (Å²) >= 11 is 0. The second kappa shape index (κ2) is 1.32. The number of rotatable bonds is 0. The third-order valence-electron chi connectivity index (χ3n) is 1.99. The number of hydrogen-bond donors (Lipinski definition) is 0. The van der Waals surface area contributed by atoms with Gasteiger partial charge in [0.05, 0.1) is 13.1 Å². The molecule has 0 amide bonds. The fraction of sp³-hybridized carbons (Fsp3) is 1.00. The summed E-state index contributed by atoms with van der Waals surface area (Å²) in [5.41, 5.74) is 0. The third-order valence-corrected chi connectivity index (χ3v) is 1.99. The first-order valence-corrected chi connectivity index (χ1v) is 2.93. The average molecular weight is 155 g/mol. The molecule has 2 heterocycles. The molecule has 0 bridgehead atoms. The van der Waals surface area contributed by atoms with Crippen LogP contribution in [0.2, 0.25) is 0 Å². The Morgan fingerprint density at radius 2 is 1.40 bits per heavy atom. The third kappa shape index (κ3) is 0.520. The molecular formula is C5H5F4N. The lowest BCUT2D eigenvalue weighted by molar-refractivity contribution is -0.333. The molecule has 0 atom stereocenters. The van der Waals surface area contributed by atoms with Crippen LogP contribution >= 0.6 is 0 Å². The molecule has 10 heavy (non-hydrogen) atoms. The van der Waals surface area contributed by atoms with Gasteiger partial charge < -0.3 is 0 Å². The van der Waals surface area contributed by atoms with E-state index in [0.29, 0.717) is 0 Å². The maximum absolute atomic E-state index is 12.2. The molecule has 58 valence electrons. The molecule has 0 aromatic carbocycles. The van der Waals surface area contributed by atoms with Gasteiger partial charge in [0.25, 0.3) is 11.8 Å². The average Bonchev–Trinajstić information content (AvgIpc) is 1.56. The zero-order valence-electron chi connectivity index (χ0n) is 4.95. The van der Waals surface area contributed by atoms with Crippen molar-refractivity contribution in [3.63, 3.8) is 0 Å². The number of fused-ring (bicyclic) bond motifs is 1. The number of halogens is 4. The van der Waals surface area contributed by atoms with Crippen LogP contribution in [0.4, 0.5) is 17.6 Å². The van der Waals surface area contributed by atoms with E-state index in [1.807, 2.05) is 0 Å². The van der Waals surface area contributed by atoms with Crippen LogP contribution in [0.15, 0.2) is 0 Å². The summed E-state index contributed by atoms with van der Waals surface area (Å²) in [6, 6.07) is -1.79. The minimum atomic E-state index is -3.15. The quantitative estimate of drug-likeness (QED) is 0.471. The number of hydrogen-bond acceptors (Lipinski definition) is 1. The first-order valence-electron chi connectivity index (χ1n) is 2.93. The summed E-state index contributed by atoms with van der Waals surface area (Å²) in [6.45, 7) is -0.986. The van der Waals surface area contributed by atoms with Crippen molar-refractivity contribution in [1.82, 2.24) is 4.90 Å². The summed E-state index contributed by atoms with van der Waals surface area (Å²) in [6.07, 6.45) is 0. The number of alkyl halides is 4. The topological polar surface area (TPSA) is 3.24 Å². The molecule has 0 radical (unpaired) electrons. The molecule has 2 fully saturated rings. The van der Waals surface area contributed by atoms with E-state index in [4.69, 9.17) is 0 Å². The highest BCUT2D eigenvalue weighted by molar-refractivity contribution is 5.15. The Bertz CT molecular complexity index is 160. The Kier molecular flexibility index (Phi) is 0.845. The molecule has 0 saturated carbocycles. The van der Waals surface area contributed by atoms with Crippen molar-refractivity contribution in [2.24, 2.45) is 0 Å². The van der Waals surface area contributed by atoms with E-state index < -0.39 is 31.0 Å². The van der Waals surface area contributed by atoms with E-state index in [1.165, 1.54) is 0 Å². The first kappa shape index (κ1) is 6.39. The van der Waals surface area contributed by atoms with E-state index in [2.05, 4.69) is 0 Å². The van der Waals surface area contributed by atoms with Gasteiger partial charge in [0.1, 0.15) is 6.04 Å². The maximum atomic E-state index is 12.2. The van der Waals surface area contributed by atoms with Crippen LogP contribution in [0.25, 0.3) is 0 Å². The maximum Gasteiger partial charge on any atom is 0.281 e. The van der Waals surface area contributed by atoms with Crippen LogP contribution in [-0.2, 0) is 0 Å². The van der Waals surface area contributed by atoms with Crippen molar-refractivity contribution in [2.75, 3.05) is 13.1 Å². The molecular weight excluding hydrogens is 150 g/mol. The number of nitrogens with zero attached hydrogens (tertiary/aromatic N) is 1. The standard InChI is InChI=1S/C5H5F4N/c6-4(7)1-10-2-5(8,9)3(4)10/h3H,1-2H2. The Balaban J connectivity index is 2.14. The summed E-state index contributed by atoms with van der Waals surface area (Å²) in [5, 5.41) is 0. The van der Waals surface area contributed by atoms with Crippen molar-refractivity contribution in [3.05, 3.63) is 0 Å². The minimum Gasteiger partial charge on any atom is -0.277 e. The Hall–Kier alpha value is -0.320. The summed E-state index contributed by atoms with van der Waals surface area (Å²) in [5.74, 6) is -6.30. The van der Waals surface area contributed by atoms with Gasteiger partial charge in [-0.3, -0.25) is 4.90 Å². The monoisotopic (exact) mass is 155 g/mol. The van der Waals surface area contributed by atoms with Crippen LogP contribution in [-0.4, -0.2) is 35.9 Å². The molecule has 5 heteroatoms. The van der Waals surface area contributed by atoms with Crippen LogP contribution in [0.1, 0.15) is 0 Å². The highest BCUT2D eigenvalue weighted by Crippen LogP contribution is 2.51. The summed E-state index contributed by atoms with van der Waals surface area (Å²) < 4.78 is 48.8. The van der Waals surface area contributed by atoms with Crippen molar-refractivity contribution in [3.8, 4) is 0 Å². The van der Waals surface area contributed by atoms with Crippen LogP contribution in [0, 0.1) is 0 Å². The van der Waals surface area contributed by atoms with Gasteiger partial charge >= 0.3 is 0 Å². The molecule has 0 aromatic rings. The van der Waals surface area contributed by atoms with E-state index in [1.54, 1.807) is 0 Å². The van der Waals surface area contributed by atoms with Gasteiger partial charge in [-0.1, -0.05) is 0 Å². The zero-order chi connectivity index (χ0) is 7.57. The van der Waals surface area contributed by atoms with E-state index in [0.717, 1.165) is 4.90 Å². The lowest BCUT2D eigenvalue weighted by Crippen LogP contribution is -2.82. The summed E-state index contributed by atoms with van der Waals surface area (Å²) in [7, 11) is 0. The second-order valence-electron chi connectivity index (χ2n) is 2.83. The summed E-state index contributed by atoms with van der Waals surface area (Å²) in [4.78, 5) is 1.08. The van der Waals surface area contributed by atoms with Gasteiger partial charge in [0, 0.05) is 0 Å². The van der Waals surface area contributed by atoms with Gasteiger partial charge in [-0.25, -0.2) is 17.6 Å². The first-order chi connectivity index (χ1) is 4.43. The van der Waals surface area contributed by atoms with Crippen molar-refractivity contribution >= 4 is 0 Å². The molecule has 0 N–H and O–H groups in total. The smallest absolute Gasteiger partial charge is 0.277 e. The largest absolute Gasteiger partial charge is 0.281 e. The molecule has 0 spiro atoms. The Morgan fingerprint density at radius 1 is 1.00 bits per heavy atom. The molecule has 0 aliphatic carbocycles. The molecule has 2 aliphatic heterocycles. The van der Waals surface area contributed by atoms with Crippen molar-refractivity contribution in [2.45, 2.75) is 17.9 Å². The fourth-order valence-corrected chi connectivity index (χ4v) is 1.57. The highest BCUT2D eigenvalue weighted by Gasteiger charge is 2.74. The van der Waals surface area contributed by atoms with Crippen LogP contribution < -0.4 is 0 Å². The van der Waals surface area contributed by atoms with E-state index in [-0.39, 0.29) is 0 Å². The molecule has 0 unspecified atom stereocenters. The lowest BCUT2D eigenvalue weighted by Gasteiger charge is -2.59. The second-order valence-corrected chi connectivity index (χ2v) is 2.83. The minimum absolute atomic E-state index is 0.493. The van der Waals surface area contributed by atoms with Crippen LogP contribution in [0.3, 0.4) is 0 Å². The zero-order valence-corrected chi connectivity index (χ0v) is 4.95. The highest BCUT2D eigenvalue weighted by atomic mass is 19.3. The molecule has 2 rings (SSSR count). The molecule has 2 aliphatic rings. The lowest BCUT2D eigenvalue weighted by atomic mass is 9.83. The number of piperidine rings is 1. The Morgan fingerprint density at radius 3 is 1.50 bits per heavy atom. The SMILES string of the molecule is FC1(F)CN2CC(F)(F)C21. The van der Waals surface area contributed by atoms with Gasteiger partial charge in [0.2, 0.25) is 0 Å². The van der Waals surface area contributed by atoms with Gasteiger partial charge in [0.15, 0.2) is 0 Å². The Labute approximate surface area is 54.6 Å². The van der Waals surface area contributed by atoms with E-state index in [9.17, 15) is 17.6 Å². The van der Waals surface area contributed by atoms with Gasteiger partial charge in [-0.2, -0.15) is 0 Å². The van der Waals surface area contributed by atoms with Crippen LogP contribution in [0.5, 0.6) is 0 Å². The predicted octanol–water partition coefficient (Wildman–Crippen LogP) is 0.955. The molecule has 0 aromatic heterocycles. The van der Waals surface area contributed by atoms with Crippen molar-refractivity contribution < 1.29 is 17.6 Å². The van der Waals surface area contributed by atoms with Gasteiger partial charge in [-0.05, 0) is 0 Å². The predicted molar refractivity (Wildman–Crippen MR) is 25.3 cm³/mol. The fourth-order valence-electron chi connectivity index (χ4n) is 1.57.